The van der Waals surface area contributed by atoms with Crippen molar-refractivity contribution in [2.45, 2.75) is 44.6 Å². The Balaban J connectivity index is 1.73. The van der Waals surface area contributed by atoms with E-state index >= 15 is 0 Å². The van der Waals surface area contributed by atoms with Crippen molar-refractivity contribution in [3.05, 3.63) is 61.1 Å². The second-order valence-corrected chi connectivity index (χ2v) is 8.80. The van der Waals surface area contributed by atoms with E-state index in [1.54, 1.807) is 0 Å². The van der Waals surface area contributed by atoms with E-state index < -0.39 is 0 Å². The second kappa shape index (κ2) is 10.6. The number of fused-ring (bicyclic) bond motifs is 1. The summed E-state index contributed by atoms with van der Waals surface area (Å²) in [6, 6.07) is 6.55. The van der Waals surface area contributed by atoms with Crippen molar-refractivity contribution < 1.29 is 0 Å². The number of anilines is 2. The highest BCUT2D eigenvalue weighted by Crippen LogP contribution is 2.44. The predicted molar refractivity (Wildman–Crippen MR) is 134 cm³/mol. The highest BCUT2D eigenvalue weighted by Gasteiger charge is 2.33. The Morgan fingerprint density at radius 1 is 1.29 bits per heavy atom. The van der Waals surface area contributed by atoms with Crippen LogP contribution in [-0.4, -0.2) is 45.2 Å². The molecule has 0 bridgehead atoms. The van der Waals surface area contributed by atoms with Gasteiger partial charge >= 0.3 is 0 Å². The molecule has 31 heavy (non-hydrogen) atoms. The zero-order valence-corrected chi connectivity index (χ0v) is 19.6. The van der Waals surface area contributed by atoms with E-state index in [2.05, 4.69) is 83.9 Å². The number of para-hydroxylation sites is 1. The van der Waals surface area contributed by atoms with Crippen LogP contribution in [0, 0.1) is 17.8 Å². The van der Waals surface area contributed by atoms with Crippen molar-refractivity contribution in [1.82, 2.24) is 10.2 Å². The third kappa shape index (κ3) is 5.35. The van der Waals surface area contributed by atoms with E-state index in [-0.39, 0.29) is 6.04 Å². The van der Waals surface area contributed by atoms with Gasteiger partial charge in [0, 0.05) is 26.2 Å². The Hall–Kier alpha value is -2.64. The largest absolute Gasteiger partial charge is 0.392 e. The lowest BCUT2D eigenvalue weighted by molar-refractivity contribution is 0.213. The van der Waals surface area contributed by atoms with E-state index in [0.717, 1.165) is 53.6 Å². The predicted octanol–water partition coefficient (Wildman–Crippen LogP) is 4.96. The van der Waals surface area contributed by atoms with Crippen LogP contribution in [0.3, 0.4) is 0 Å². The zero-order chi connectivity index (χ0) is 22.4. The number of benzene rings is 1. The number of hydrogen-bond donors (Lipinski definition) is 1. The summed E-state index contributed by atoms with van der Waals surface area (Å²) in [6.45, 7) is 15.0. The normalized spacial score (nSPS) is 17.7. The number of likely N-dealkylation sites (tertiary alicyclic amines) is 1. The van der Waals surface area contributed by atoms with Crippen LogP contribution in [0.5, 0.6) is 0 Å². The lowest BCUT2D eigenvalue weighted by Crippen LogP contribution is -2.34. The Kier molecular flexibility index (Phi) is 7.87. The molecule has 0 saturated carbocycles. The summed E-state index contributed by atoms with van der Waals surface area (Å²) in [5, 5.41) is 3.14. The van der Waals surface area contributed by atoms with Gasteiger partial charge in [0.2, 0.25) is 0 Å². The standard InChI is InChI=1S/C27H38N4/c1-7-25(16-15-21(2)28-4)31-22(3)30(6)27-24(13-10-14-26(27)31)12-9-8-11-23-17-19-29(5)20-18-23/h7,10,13-14,23,25,28H,1-3,8,11,15-20H2,4-6H3. The maximum Gasteiger partial charge on any atom is 0.106 e. The second-order valence-electron chi connectivity index (χ2n) is 8.80. The summed E-state index contributed by atoms with van der Waals surface area (Å²) in [5.74, 6) is 8.71. The molecule has 1 aromatic rings. The van der Waals surface area contributed by atoms with Crippen LogP contribution in [0.1, 0.15) is 44.1 Å². The van der Waals surface area contributed by atoms with Crippen molar-refractivity contribution in [1.29, 1.82) is 0 Å². The van der Waals surface area contributed by atoms with Crippen LogP contribution in [0.2, 0.25) is 0 Å². The Morgan fingerprint density at radius 2 is 2.03 bits per heavy atom. The molecular formula is C27H38N4. The molecule has 2 heterocycles. The van der Waals surface area contributed by atoms with Gasteiger partial charge in [0.1, 0.15) is 5.82 Å². The summed E-state index contributed by atoms with van der Waals surface area (Å²) in [5.41, 5.74) is 4.43. The number of hydrogen-bond acceptors (Lipinski definition) is 4. The van der Waals surface area contributed by atoms with Crippen LogP contribution in [0.4, 0.5) is 11.4 Å². The first-order chi connectivity index (χ1) is 15.0. The van der Waals surface area contributed by atoms with Crippen LogP contribution < -0.4 is 15.1 Å². The maximum atomic E-state index is 4.37. The van der Waals surface area contributed by atoms with Gasteiger partial charge in [-0.3, -0.25) is 0 Å². The molecule has 0 amide bonds. The Bertz CT molecular complexity index is 867. The fraction of sp³-hybridized carbons (Fsp3) is 0.481. The summed E-state index contributed by atoms with van der Waals surface area (Å²) < 4.78 is 0. The third-order valence-corrected chi connectivity index (χ3v) is 6.71. The van der Waals surface area contributed by atoms with Crippen molar-refractivity contribution >= 4 is 11.4 Å². The van der Waals surface area contributed by atoms with Crippen molar-refractivity contribution in [3.63, 3.8) is 0 Å². The van der Waals surface area contributed by atoms with Crippen molar-refractivity contribution in [2.75, 3.05) is 44.0 Å². The van der Waals surface area contributed by atoms with Crippen molar-refractivity contribution in [2.24, 2.45) is 5.92 Å². The molecule has 1 saturated heterocycles. The Morgan fingerprint density at radius 3 is 2.71 bits per heavy atom. The summed E-state index contributed by atoms with van der Waals surface area (Å²) in [7, 11) is 6.21. The molecule has 1 atom stereocenters. The van der Waals surface area contributed by atoms with E-state index in [0.29, 0.717) is 0 Å². The third-order valence-electron chi connectivity index (χ3n) is 6.71. The van der Waals surface area contributed by atoms with E-state index in [4.69, 9.17) is 0 Å². The van der Waals surface area contributed by atoms with E-state index in [1.807, 2.05) is 13.1 Å². The number of nitrogens with zero attached hydrogens (tertiary/aromatic N) is 3. The van der Waals surface area contributed by atoms with Gasteiger partial charge in [0.15, 0.2) is 0 Å². The van der Waals surface area contributed by atoms with Gasteiger partial charge in [-0.25, -0.2) is 0 Å². The fourth-order valence-corrected chi connectivity index (χ4v) is 4.56. The van der Waals surface area contributed by atoms with E-state index in [1.165, 1.54) is 32.4 Å². The van der Waals surface area contributed by atoms with Gasteiger partial charge in [-0.05, 0) is 70.3 Å². The first-order valence-electron chi connectivity index (χ1n) is 11.5. The molecule has 0 aliphatic carbocycles. The monoisotopic (exact) mass is 418 g/mol. The summed E-state index contributed by atoms with van der Waals surface area (Å²) in [6.07, 6.45) is 8.62. The first kappa shape index (κ1) is 23.0. The molecule has 166 valence electrons. The van der Waals surface area contributed by atoms with Gasteiger partial charge in [0.05, 0.1) is 23.0 Å². The molecule has 2 aliphatic heterocycles. The topological polar surface area (TPSA) is 21.8 Å². The van der Waals surface area contributed by atoms with Crippen LogP contribution >= 0.6 is 0 Å². The van der Waals surface area contributed by atoms with E-state index in [9.17, 15) is 0 Å². The zero-order valence-electron chi connectivity index (χ0n) is 19.6. The highest BCUT2D eigenvalue weighted by atomic mass is 15.4. The van der Waals surface area contributed by atoms with Crippen LogP contribution in [-0.2, 0) is 0 Å². The smallest absolute Gasteiger partial charge is 0.106 e. The molecule has 4 nitrogen and oxygen atoms in total. The van der Waals surface area contributed by atoms with Gasteiger partial charge in [-0.15, -0.1) is 6.58 Å². The molecule has 0 radical (unpaired) electrons. The van der Waals surface area contributed by atoms with Crippen molar-refractivity contribution in [3.8, 4) is 11.8 Å². The minimum absolute atomic E-state index is 0.161. The molecule has 3 rings (SSSR count). The molecule has 1 unspecified atom stereocenters. The molecule has 2 aliphatic rings. The molecule has 1 aromatic carbocycles. The molecule has 0 spiro atoms. The number of piperidine rings is 1. The molecule has 4 heteroatoms. The molecule has 1 fully saturated rings. The highest BCUT2D eigenvalue weighted by molar-refractivity contribution is 5.87. The number of rotatable bonds is 8. The van der Waals surface area contributed by atoms with Gasteiger partial charge < -0.3 is 20.0 Å². The van der Waals surface area contributed by atoms with Crippen LogP contribution in [0.15, 0.2) is 55.5 Å². The molecule has 0 aromatic heterocycles. The Labute approximate surface area is 189 Å². The summed E-state index contributed by atoms with van der Waals surface area (Å²) in [4.78, 5) is 6.88. The quantitative estimate of drug-likeness (QED) is 0.476. The van der Waals surface area contributed by atoms with Gasteiger partial charge in [-0.2, -0.15) is 0 Å². The minimum atomic E-state index is 0.161. The molecule has 1 N–H and O–H groups in total. The average molecular weight is 419 g/mol. The fourth-order valence-electron chi connectivity index (χ4n) is 4.56. The molecular weight excluding hydrogens is 380 g/mol. The average Bonchev–Trinajstić information content (AvgIpc) is 3.04. The van der Waals surface area contributed by atoms with Crippen LogP contribution in [0.25, 0.3) is 0 Å². The van der Waals surface area contributed by atoms with Gasteiger partial charge in [-0.1, -0.05) is 37.1 Å². The number of nitrogens with one attached hydrogen (secondary N) is 1. The minimum Gasteiger partial charge on any atom is -0.392 e. The first-order valence-corrected chi connectivity index (χ1v) is 11.5. The summed E-state index contributed by atoms with van der Waals surface area (Å²) >= 11 is 0. The maximum absolute atomic E-state index is 4.37. The van der Waals surface area contributed by atoms with Gasteiger partial charge in [0.25, 0.3) is 0 Å². The lowest BCUT2D eigenvalue weighted by atomic mass is 9.92. The lowest BCUT2D eigenvalue weighted by Gasteiger charge is -2.29. The number of allylic oxidation sites excluding steroid dienone is 1. The SMILES string of the molecule is C=CC(CCC(=C)NC)N1C(=C)N(C)c2c(C#CCCC3CCN(C)CC3)cccc21.